The molecule has 2 heteroatoms. The fraction of sp³-hybridized carbons (Fsp3) is 0.250. The van der Waals surface area contributed by atoms with Crippen molar-refractivity contribution < 1.29 is 4.79 Å². The maximum Gasteiger partial charge on any atom is 0.249 e. The monoisotopic (exact) mass is 187 g/mol. The van der Waals surface area contributed by atoms with E-state index in [1.807, 2.05) is 12.1 Å². The zero-order chi connectivity index (χ0) is 10.6. The maximum absolute atomic E-state index is 11.1. The summed E-state index contributed by atoms with van der Waals surface area (Å²) >= 11 is 0. The van der Waals surface area contributed by atoms with Crippen LogP contribution in [-0.2, 0) is 6.42 Å². The average molecular weight is 187 g/mol. The van der Waals surface area contributed by atoms with Gasteiger partial charge < -0.3 is 5.73 Å². The number of rotatable bonds is 3. The second-order valence-corrected chi connectivity index (χ2v) is 3.10. The van der Waals surface area contributed by atoms with Crippen LogP contribution >= 0.6 is 0 Å². The first kappa shape index (κ1) is 10.3. The zero-order valence-electron chi connectivity index (χ0n) is 8.21. The van der Waals surface area contributed by atoms with Crippen LogP contribution in [-0.4, -0.2) is 5.91 Å². The van der Waals surface area contributed by atoms with Gasteiger partial charge in [-0.15, -0.1) is 6.42 Å². The van der Waals surface area contributed by atoms with E-state index in [9.17, 15) is 4.79 Å². The van der Waals surface area contributed by atoms with Gasteiger partial charge in [0.15, 0.2) is 0 Å². The van der Waals surface area contributed by atoms with Gasteiger partial charge in [-0.05, 0) is 18.1 Å². The molecule has 0 aliphatic heterocycles. The molecule has 0 saturated heterocycles. The van der Waals surface area contributed by atoms with E-state index in [-0.39, 0.29) is 0 Å². The molecule has 1 aromatic rings. The predicted octanol–water partition coefficient (Wildman–Crippen LogP) is 1.72. The number of benzene rings is 1. The van der Waals surface area contributed by atoms with Gasteiger partial charge in [-0.25, -0.2) is 0 Å². The SMILES string of the molecule is C#Cc1c(CCC)cccc1C(N)=O. The molecule has 0 atom stereocenters. The Morgan fingerprint density at radius 2 is 2.29 bits per heavy atom. The highest BCUT2D eigenvalue weighted by atomic mass is 16.1. The first-order valence-electron chi connectivity index (χ1n) is 4.59. The van der Waals surface area contributed by atoms with E-state index >= 15 is 0 Å². The number of carbonyl (C=O) groups is 1. The standard InChI is InChI=1S/C12H13NO/c1-3-6-9-7-5-8-11(12(13)14)10(9)4-2/h2,5,7-8H,3,6H2,1H3,(H2,13,14). The van der Waals surface area contributed by atoms with Gasteiger partial charge in [0, 0.05) is 5.56 Å². The van der Waals surface area contributed by atoms with Gasteiger partial charge in [-0.1, -0.05) is 31.4 Å². The Morgan fingerprint density at radius 3 is 2.79 bits per heavy atom. The van der Waals surface area contributed by atoms with Crippen molar-refractivity contribution in [3.05, 3.63) is 34.9 Å². The average Bonchev–Trinajstić information content (AvgIpc) is 2.18. The summed E-state index contributed by atoms with van der Waals surface area (Å²) in [6.07, 6.45) is 7.23. The molecule has 14 heavy (non-hydrogen) atoms. The third-order valence-corrected chi connectivity index (χ3v) is 2.08. The minimum absolute atomic E-state index is 0.443. The van der Waals surface area contributed by atoms with E-state index in [0.29, 0.717) is 11.1 Å². The molecule has 0 spiro atoms. The molecule has 0 bridgehead atoms. The van der Waals surface area contributed by atoms with Crippen molar-refractivity contribution in [3.63, 3.8) is 0 Å². The fourth-order valence-corrected chi connectivity index (χ4v) is 1.45. The normalized spacial score (nSPS) is 9.43. The molecule has 1 rings (SSSR count). The Morgan fingerprint density at radius 1 is 1.57 bits per heavy atom. The summed E-state index contributed by atoms with van der Waals surface area (Å²) in [5.74, 6) is 2.07. The van der Waals surface area contributed by atoms with Crippen molar-refractivity contribution >= 4 is 5.91 Å². The van der Waals surface area contributed by atoms with Crippen molar-refractivity contribution in [2.75, 3.05) is 0 Å². The molecule has 0 aromatic heterocycles. The van der Waals surface area contributed by atoms with Gasteiger partial charge in [0.05, 0.1) is 5.56 Å². The maximum atomic E-state index is 11.1. The Bertz CT molecular complexity index is 388. The lowest BCUT2D eigenvalue weighted by Crippen LogP contribution is -2.13. The molecule has 1 amide bonds. The topological polar surface area (TPSA) is 43.1 Å². The number of carbonyl (C=O) groups excluding carboxylic acids is 1. The van der Waals surface area contributed by atoms with Crippen LogP contribution in [0.2, 0.25) is 0 Å². The molecule has 0 radical (unpaired) electrons. The van der Waals surface area contributed by atoms with Crippen molar-refractivity contribution in [2.24, 2.45) is 5.73 Å². The first-order valence-corrected chi connectivity index (χ1v) is 4.59. The molecule has 0 heterocycles. The van der Waals surface area contributed by atoms with Crippen LogP contribution in [0.15, 0.2) is 18.2 Å². The second kappa shape index (κ2) is 4.48. The highest BCUT2D eigenvalue weighted by molar-refractivity contribution is 5.95. The van der Waals surface area contributed by atoms with Crippen LogP contribution < -0.4 is 5.73 Å². The number of primary amides is 1. The quantitative estimate of drug-likeness (QED) is 0.719. The zero-order valence-corrected chi connectivity index (χ0v) is 8.21. The number of amides is 1. The Hall–Kier alpha value is -1.75. The first-order chi connectivity index (χ1) is 6.70. The van der Waals surface area contributed by atoms with Gasteiger partial charge in [0.2, 0.25) is 5.91 Å². The van der Waals surface area contributed by atoms with Gasteiger partial charge >= 0.3 is 0 Å². The van der Waals surface area contributed by atoms with E-state index < -0.39 is 5.91 Å². The summed E-state index contributed by atoms with van der Waals surface area (Å²) in [7, 11) is 0. The number of terminal acetylenes is 1. The third kappa shape index (κ3) is 1.94. The number of hydrogen-bond acceptors (Lipinski definition) is 1. The van der Waals surface area contributed by atoms with Crippen molar-refractivity contribution in [1.82, 2.24) is 0 Å². The van der Waals surface area contributed by atoms with Gasteiger partial charge in [-0.2, -0.15) is 0 Å². The summed E-state index contributed by atoms with van der Waals surface area (Å²) in [5.41, 5.74) is 7.32. The molecule has 0 unspecified atom stereocenters. The molecule has 2 nitrogen and oxygen atoms in total. The van der Waals surface area contributed by atoms with E-state index in [0.717, 1.165) is 18.4 Å². The van der Waals surface area contributed by atoms with E-state index in [1.165, 1.54) is 0 Å². The van der Waals surface area contributed by atoms with Crippen LogP contribution in [0.25, 0.3) is 0 Å². The van der Waals surface area contributed by atoms with Crippen molar-refractivity contribution in [3.8, 4) is 12.3 Å². The van der Waals surface area contributed by atoms with E-state index in [2.05, 4.69) is 12.8 Å². The number of aryl methyl sites for hydroxylation is 1. The van der Waals surface area contributed by atoms with Gasteiger partial charge in [0.25, 0.3) is 0 Å². The summed E-state index contributed by atoms with van der Waals surface area (Å²) in [6, 6.07) is 5.41. The van der Waals surface area contributed by atoms with Crippen molar-refractivity contribution in [2.45, 2.75) is 19.8 Å². The lowest BCUT2D eigenvalue weighted by atomic mass is 9.98. The number of nitrogens with two attached hydrogens (primary N) is 1. The van der Waals surface area contributed by atoms with Gasteiger partial charge in [-0.3, -0.25) is 4.79 Å². The molecular weight excluding hydrogens is 174 g/mol. The van der Waals surface area contributed by atoms with Crippen LogP contribution in [0, 0.1) is 12.3 Å². The molecule has 0 aliphatic rings. The molecule has 2 N–H and O–H groups in total. The smallest absolute Gasteiger partial charge is 0.249 e. The summed E-state index contributed by atoms with van der Waals surface area (Å²) in [6.45, 7) is 2.07. The predicted molar refractivity (Wildman–Crippen MR) is 56.9 cm³/mol. The van der Waals surface area contributed by atoms with Gasteiger partial charge in [0.1, 0.15) is 0 Å². The molecule has 0 fully saturated rings. The Balaban J connectivity index is 3.27. The van der Waals surface area contributed by atoms with Crippen LogP contribution in [0.5, 0.6) is 0 Å². The largest absolute Gasteiger partial charge is 0.366 e. The molecule has 0 aliphatic carbocycles. The van der Waals surface area contributed by atoms with E-state index in [1.54, 1.807) is 6.07 Å². The van der Waals surface area contributed by atoms with E-state index in [4.69, 9.17) is 12.2 Å². The lowest BCUT2D eigenvalue weighted by Gasteiger charge is -2.06. The van der Waals surface area contributed by atoms with Crippen LogP contribution in [0.1, 0.15) is 34.8 Å². The second-order valence-electron chi connectivity index (χ2n) is 3.10. The fourth-order valence-electron chi connectivity index (χ4n) is 1.45. The molecule has 72 valence electrons. The van der Waals surface area contributed by atoms with Crippen LogP contribution in [0.4, 0.5) is 0 Å². The highest BCUT2D eigenvalue weighted by Crippen LogP contribution is 2.15. The Labute approximate surface area is 84.1 Å². The highest BCUT2D eigenvalue weighted by Gasteiger charge is 2.09. The summed E-state index contributed by atoms with van der Waals surface area (Å²) in [4.78, 5) is 11.1. The molecule has 0 saturated carbocycles. The van der Waals surface area contributed by atoms with Crippen LogP contribution in [0.3, 0.4) is 0 Å². The minimum Gasteiger partial charge on any atom is -0.366 e. The minimum atomic E-state index is -0.462. The Kier molecular flexibility index (Phi) is 3.30. The third-order valence-electron chi connectivity index (χ3n) is 2.08. The lowest BCUT2D eigenvalue weighted by molar-refractivity contribution is 0.1000. The van der Waals surface area contributed by atoms with Crippen molar-refractivity contribution in [1.29, 1.82) is 0 Å². The molecular formula is C12H13NO. The summed E-state index contributed by atoms with van der Waals surface area (Å²) in [5, 5.41) is 0. The number of hydrogen-bond donors (Lipinski definition) is 1. The summed E-state index contributed by atoms with van der Waals surface area (Å²) < 4.78 is 0. The molecule has 1 aromatic carbocycles.